The van der Waals surface area contributed by atoms with Gasteiger partial charge in [0.05, 0.1) is 11.2 Å². The van der Waals surface area contributed by atoms with Crippen LogP contribution in [0.4, 0.5) is 5.13 Å². The fourth-order valence-corrected chi connectivity index (χ4v) is 4.31. The lowest BCUT2D eigenvalue weighted by Crippen LogP contribution is -2.07. The summed E-state index contributed by atoms with van der Waals surface area (Å²) in [5.41, 5.74) is 7.42. The van der Waals surface area contributed by atoms with Crippen molar-refractivity contribution in [3.05, 3.63) is 82.4 Å². The molecule has 1 N–H and O–H groups in total. The highest BCUT2D eigenvalue weighted by Crippen LogP contribution is 2.31. The first-order valence-electron chi connectivity index (χ1n) is 9.38. The molecule has 4 nitrogen and oxygen atoms in total. The van der Waals surface area contributed by atoms with Gasteiger partial charge in [0, 0.05) is 34.2 Å². The van der Waals surface area contributed by atoms with E-state index < -0.39 is 0 Å². The van der Waals surface area contributed by atoms with Gasteiger partial charge < -0.3 is 0 Å². The van der Waals surface area contributed by atoms with E-state index in [0.717, 1.165) is 27.7 Å². The van der Waals surface area contributed by atoms with Gasteiger partial charge in [0.25, 0.3) is 0 Å². The van der Waals surface area contributed by atoms with Gasteiger partial charge in [0.1, 0.15) is 0 Å². The van der Waals surface area contributed by atoms with Gasteiger partial charge in [-0.25, -0.2) is 4.98 Å². The standard InChI is InChI=1S/C24H21N3OS/c1-15-12-16(2)22(17(3)13-15)20-14-29-24(26-20)27-21(28)10-9-19-7-4-6-18-8-5-11-25-23(18)19/h4-14H,1-3H3,(H,26,27,28)/b10-9+. The van der Waals surface area contributed by atoms with E-state index in [2.05, 4.69) is 48.2 Å². The lowest BCUT2D eigenvalue weighted by Gasteiger charge is -2.08. The van der Waals surface area contributed by atoms with Crippen molar-refractivity contribution in [1.29, 1.82) is 0 Å². The number of aromatic nitrogens is 2. The van der Waals surface area contributed by atoms with Crippen molar-refractivity contribution in [1.82, 2.24) is 9.97 Å². The SMILES string of the molecule is Cc1cc(C)c(-c2csc(NC(=O)/C=C/c3cccc4cccnc34)n2)c(C)c1. The molecule has 1 amide bonds. The van der Waals surface area contributed by atoms with Crippen LogP contribution in [-0.2, 0) is 4.79 Å². The molecular weight excluding hydrogens is 378 g/mol. The number of amides is 1. The normalized spacial score (nSPS) is 11.3. The zero-order valence-corrected chi connectivity index (χ0v) is 17.4. The number of nitrogens with zero attached hydrogens (tertiary/aromatic N) is 2. The highest BCUT2D eigenvalue weighted by atomic mass is 32.1. The molecule has 0 saturated carbocycles. The van der Waals surface area contributed by atoms with Gasteiger partial charge in [0.2, 0.25) is 5.91 Å². The summed E-state index contributed by atoms with van der Waals surface area (Å²) in [6.07, 6.45) is 5.06. The van der Waals surface area contributed by atoms with Crippen LogP contribution in [0.3, 0.4) is 0 Å². The van der Waals surface area contributed by atoms with Crippen LogP contribution in [0, 0.1) is 20.8 Å². The summed E-state index contributed by atoms with van der Waals surface area (Å²) in [6.45, 7) is 6.27. The molecule has 0 fully saturated rings. The molecule has 2 aromatic heterocycles. The topological polar surface area (TPSA) is 54.9 Å². The minimum Gasteiger partial charge on any atom is -0.298 e. The van der Waals surface area contributed by atoms with Gasteiger partial charge in [-0.1, -0.05) is 42.0 Å². The molecular formula is C24H21N3OS. The van der Waals surface area contributed by atoms with Gasteiger partial charge in [0.15, 0.2) is 5.13 Å². The smallest absolute Gasteiger partial charge is 0.250 e. The Morgan fingerprint density at radius 3 is 2.62 bits per heavy atom. The summed E-state index contributed by atoms with van der Waals surface area (Å²) in [5, 5.41) is 6.48. The van der Waals surface area contributed by atoms with Gasteiger partial charge in [-0.3, -0.25) is 15.1 Å². The third-order valence-corrected chi connectivity index (χ3v) is 5.50. The second kappa shape index (κ2) is 7.97. The van der Waals surface area contributed by atoms with Crippen LogP contribution < -0.4 is 5.32 Å². The molecule has 0 bridgehead atoms. The summed E-state index contributed by atoms with van der Waals surface area (Å²) in [4.78, 5) is 21.4. The quantitative estimate of drug-likeness (QED) is 0.432. The molecule has 144 valence electrons. The number of pyridine rings is 1. The van der Waals surface area contributed by atoms with Gasteiger partial charge in [-0.05, 0) is 44.0 Å². The average Bonchev–Trinajstić information content (AvgIpc) is 3.13. The first kappa shape index (κ1) is 19.0. The van der Waals surface area contributed by atoms with Crippen molar-refractivity contribution < 1.29 is 4.79 Å². The number of rotatable bonds is 4. The Bertz CT molecular complexity index is 1210. The molecule has 0 spiro atoms. The van der Waals surface area contributed by atoms with E-state index in [0.29, 0.717) is 5.13 Å². The van der Waals surface area contributed by atoms with E-state index >= 15 is 0 Å². The molecule has 4 rings (SSSR count). The predicted octanol–water partition coefficient (Wildman–Crippen LogP) is 5.94. The second-order valence-corrected chi connectivity index (χ2v) is 7.91. The van der Waals surface area contributed by atoms with E-state index in [1.54, 1.807) is 12.3 Å². The summed E-state index contributed by atoms with van der Waals surface area (Å²) in [7, 11) is 0. The van der Waals surface area contributed by atoms with Crippen molar-refractivity contribution in [2.45, 2.75) is 20.8 Å². The van der Waals surface area contributed by atoms with Crippen molar-refractivity contribution >= 4 is 39.4 Å². The number of benzene rings is 2. The summed E-state index contributed by atoms with van der Waals surface area (Å²) >= 11 is 1.43. The Hall–Kier alpha value is -3.31. The third kappa shape index (κ3) is 4.10. The fourth-order valence-electron chi connectivity index (χ4n) is 3.60. The number of para-hydroxylation sites is 1. The molecule has 0 saturated heterocycles. The van der Waals surface area contributed by atoms with Crippen LogP contribution in [0.25, 0.3) is 28.2 Å². The number of carbonyl (C=O) groups excluding carboxylic acids is 1. The molecule has 0 aliphatic carbocycles. The van der Waals surface area contributed by atoms with Crippen LogP contribution in [0.2, 0.25) is 0 Å². The van der Waals surface area contributed by atoms with Crippen LogP contribution in [0.5, 0.6) is 0 Å². The number of fused-ring (bicyclic) bond motifs is 1. The lowest BCUT2D eigenvalue weighted by molar-refractivity contribution is -0.111. The highest BCUT2D eigenvalue weighted by Gasteiger charge is 2.11. The zero-order valence-electron chi connectivity index (χ0n) is 16.6. The number of nitrogens with one attached hydrogen (secondary N) is 1. The molecule has 0 aliphatic rings. The van der Waals surface area contributed by atoms with Gasteiger partial charge in [-0.2, -0.15) is 0 Å². The highest BCUT2D eigenvalue weighted by molar-refractivity contribution is 7.14. The maximum absolute atomic E-state index is 12.4. The Labute approximate surface area is 174 Å². The number of hydrogen-bond acceptors (Lipinski definition) is 4. The maximum Gasteiger partial charge on any atom is 0.250 e. The molecule has 4 aromatic rings. The van der Waals surface area contributed by atoms with Gasteiger partial charge >= 0.3 is 0 Å². The Morgan fingerprint density at radius 2 is 1.83 bits per heavy atom. The van der Waals surface area contributed by atoms with Crippen molar-refractivity contribution in [3.8, 4) is 11.3 Å². The predicted molar refractivity (Wildman–Crippen MR) is 121 cm³/mol. The molecule has 2 aromatic carbocycles. The van der Waals surface area contributed by atoms with Gasteiger partial charge in [-0.15, -0.1) is 11.3 Å². The molecule has 0 radical (unpaired) electrons. The van der Waals surface area contributed by atoms with E-state index in [-0.39, 0.29) is 5.91 Å². The minimum absolute atomic E-state index is 0.212. The largest absolute Gasteiger partial charge is 0.298 e. The van der Waals surface area contributed by atoms with Crippen molar-refractivity contribution in [2.75, 3.05) is 5.32 Å². The molecule has 5 heteroatoms. The zero-order chi connectivity index (χ0) is 20.4. The Kier molecular flexibility index (Phi) is 5.23. The molecule has 0 aliphatic heterocycles. The number of aryl methyl sites for hydroxylation is 3. The van der Waals surface area contributed by atoms with Crippen LogP contribution >= 0.6 is 11.3 Å². The van der Waals surface area contributed by atoms with Crippen LogP contribution in [0.15, 0.2) is 60.1 Å². The number of thiazole rings is 1. The first-order valence-corrected chi connectivity index (χ1v) is 10.3. The Morgan fingerprint density at radius 1 is 1.07 bits per heavy atom. The first-order chi connectivity index (χ1) is 14.0. The molecule has 2 heterocycles. The number of carbonyl (C=O) groups is 1. The van der Waals surface area contributed by atoms with Crippen molar-refractivity contribution in [2.24, 2.45) is 0 Å². The lowest BCUT2D eigenvalue weighted by atomic mass is 9.98. The van der Waals surface area contributed by atoms with E-state index in [4.69, 9.17) is 0 Å². The summed E-state index contributed by atoms with van der Waals surface area (Å²) in [5.74, 6) is -0.212. The van der Waals surface area contributed by atoms with Crippen LogP contribution in [0.1, 0.15) is 22.3 Å². The molecule has 0 atom stereocenters. The summed E-state index contributed by atoms with van der Waals surface area (Å²) in [6, 6.07) is 14.1. The van der Waals surface area contributed by atoms with E-state index in [9.17, 15) is 4.79 Å². The maximum atomic E-state index is 12.4. The van der Waals surface area contributed by atoms with E-state index in [1.165, 1.54) is 34.1 Å². The molecule has 0 unspecified atom stereocenters. The Balaban J connectivity index is 1.52. The summed E-state index contributed by atoms with van der Waals surface area (Å²) < 4.78 is 0. The number of hydrogen-bond donors (Lipinski definition) is 1. The number of anilines is 1. The van der Waals surface area contributed by atoms with E-state index in [1.807, 2.05) is 35.7 Å². The second-order valence-electron chi connectivity index (χ2n) is 7.06. The monoisotopic (exact) mass is 399 g/mol. The minimum atomic E-state index is -0.212. The fraction of sp³-hybridized carbons (Fsp3) is 0.125. The van der Waals surface area contributed by atoms with Crippen molar-refractivity contribution in [3.63, 3.8) is 0 Å². The third-order valence-electron chi connectivity index (χ3n) is 4.75. The average molecular weight is 400 g/mol. The molecule has 29 heavy (non-hydrogen) atoms. The van der Waals surface area contributed by atoms with Crippen LogP contribution in [-0.4, -0.2) is 15.9 Å².